The van der Waals surface area contributed by atoms with Gasteiger partial charge in [-0.2, -0.15) is 5.26 Å². The van der Waals surface area contributed by atoms with Crippen molar-refractivity contribution in [2.75, 3.05) is 0 Å². The lowest BCUT2D eigenvalue weighted by atomic mass is 10.1. The summed E-state index contributed by atoms with van der Waals surface area (Å²) in [5.41, 5.74) is 6.57. The third kappa shape index (κ3) is 2.29. The lowest BCUT2D eigenvalue weighted by molar-refractivity contribution is 0.743. The molecule has 3 nitrogen and oxygen atoms in total. The number of rotatable bonds is 2. The highest BCUT2D eigenvalue weighted by molar-refractivity contribution is 9.10. The topological polar surface area (TPSA) is 62.7 Å². The van der Waals surface area contributed by atoms with Crippen LogP contribution in [0.4, 0.5) is 0 Å². The predicted octanol–water partition coefficient (Wildman–Crippen LogP) is 1.76. The first-order chi connectivity index (χ1) is 5.74. The Morgan fingerprint density at radius 1 is 1.67 bits per heavy atom. The molecule has 0 spiro atoms. The van der Waals surface area contributed by atoms with Gasteiger partial charge < -0.3 is 5.73 Å². The van der Waals surface area contributed by atoms with Gasteiger partial charge in [0.15, 0.2) is 0 Å². The van der Waals surface area contributed by atoms with E-state index < -0.39 is 0 Å². The Balaban J connectivity index is 2.76. The SMILES string of the molecule is N#CC[C@@H](N)c1ccc(Br)nc1. The maximum Gasteiger partial charge on any atom is 0.106 e. The molecule has 1 aromatic rings. The molecule has 1 aromatic heterocycles. The Morgan fingerprint density at radius 3 is 2.92 bits per heavy atom. The van der Waals surface area contributed by atoms with Crippen LogP contribution in [-0.4, -0.2) is 4.98 Å². The van der Waals surface area contributed by atoms with Crippen molar-refractivity contribution >= 4 is 15.9 Å². The summed E-state index contributed by atoms with van der Waals surface area (Å²) < 4.78 is 0.774. The molecule has 0 aliphatic carbocycles. The van der Waals surface area contributed by atoms with Crippen molar-refractivity contribution in [1.29, 1.82) is 5.26 Å². The molecule has 0 aromatic carbocycles. The molecule has 0 radical (unpaired) electrons. The van der Waals surface area contributed by atoms with Crippen molar-refractivity contribution in [2.24, 2.45) is 5.73 Å². The number of nitrogens with zero attached hydrogens (tertiary/aromatic N) is 2. The van der Waals surface area contributed by atoms with E-state index in [2.05, 4.69) is 20.9 Å². The minimum Gasteiger partial charge on any atom is -0.323 e. The lowest BCUT2D eigenvalue weighted by Crippen LogP contribution is -2.09. The largest absolute Gasteiger partial charge is 0.323 e. The van der Waals surface area contributed by atoms with Crippen molar-refractivity contribution < 1.29 is 0 Å². The maximum absolute atomic E-state index is 8.39. The molecule has 0 saturated heterocycles. The summed E-state index contributed by atoms with van der Waals surface area (Å²) in [5, 5.41) is 8.39. The van der Waals surface area contributed by atoms with Crippen LogP contribution < -0.4 is 5.73 Å². The molecule has 0 unspecified atom stereocenters. The minimum atomic E-state index is -0.226. The highest BCUT2D eigenvalue weighted by atomic mass is 79.9. The first kappa shape index (κ1) is 9.17. The van der Waals surface area contributed by atoms with Crippen LogP contribution >= 0.6 is 15.9 Å². The second kappa shape index (κ2) is 4.19. The highest BCUT2D eigenvalue weighted by Crippen LogP contribution is 2.14. The Kier molecular flexibility index (Phi) is 3.20. The Hall–Kier alpha value is -0.920. The number of pyridine rings is 1. The number of nitriles is 1. The Bertz CT molecular complexity index is 288. The van der Waals surface area contributed by atoms with Gasteiger partial charge in [-0.3, -0.25) is 0 Å². The van der Waals surface area contributed by atoms with Gasteiger partial charge in [-0.05, 0) is 27.6 Å². The standard InChI is InChI=1S/C8H8BrN3/c9-8-2-1-6(5-12-8)7(11)3-4-10/h1-2,5,7H,3,11H2/t7-/m1/s1. The predicted molar refractivity (Wildman–Crippen MR) is 49.1 cm³/mol. The number of hydrogen-bond acceptors (Lipinski definition) is 3. The zero-order valence-electron chi connectivity index (χ0n) is 6.37. The molecular weight excluding hydrogens is 218 g/mol. The molecule has 0 amide bonds. The molecule has 0 fully saturated rings. The lowest BCUT2D eigenvalue weighted by Gasteiger charge is -2.05. The van der Waals surface area contributed by atoms with E-state index in [0.717, 1.165) is 10.2 Å². The van der Waals surface area contributed by atoms with E-state index in [1.54, 1.807) is 6.20 Å². The highest BCUT2D eigenvalue weighted by Gasteiger charge is 2.04. The summed E-state index contributed by atoms with van der Waals surface area (Å²) in [4.78, 5) is 4.01. The molecule has 1 rings (SSSR count). The molecule has 0 aliphatic heterocycles. The fraction of sp³-hybridized carbons (Fsp3) is 0.250. The summed E-state index contributed by atoms with van der Waals surface area (Å²) in [6, 6.07) is 5.46. The first-order valence-electron chi connectivity index (χ1n) is 3.48. The molecule has 12 heavy (non-hydrogen) atoms. The van der Waals surface area contributed by atoms with Gasteiger partial charge in [-0.15, -0.1) is 0 Å². The normalized spacial score (nSPS) is 12.1. The van der Waals surface area contributed by atoms with E-state index in [9.17, 15) is 0 Å². The maximum atomic E-state index is 8.39. The van der Waals surface area contributed by atoms with Gasteiger partial charge in [-0.25, -0.2) is 4.98 Å². The van der Waals surface area contributed by atoms with Crippen molar-refractivity contribution in [3.8, 4) is 6.07 Å². The average Bonchev–Trinajstić information content (AvgIpc) is 2.06. The van der Waals surface area contributed by atoms with Gasteiger partial charge in [0.1, 0.15) is 4.60 Å². The third-order valence-corrected chi connectivity index (χ3v) is 1.96. The van der Waals surface area contributed by atoms with E-state index in [1.807, 2.05) is 18.2 Å². The van der Waals surface area contributed by atoms with Crippen LogP contribution in [0.25, 0.3) is 0 Å². The molecular formula is C8H8BrN3. The van der Waals surface area contributed by atoms with E-state index in [0.29, 0.717) is 6.42 Å². The quantitative estimate of drug-likeness (QED) is 0.781. The minimum absolute atomic E-state index is 0.226. The van der Waals surface area contributed by atoms with Crippen LogP contribution in [0.2, 0.25) is 0 Å². The van der Waals surface area contributed by atoms with Crippen LogP contribution in [0.5, 0.6) is 0 Å². The zero-order valence-corrected chi connectivity index (χ0v) is 7.95. The van der Waals surface area contributed by atoms with Crippen LogP contribution in [0.15, 0.2) is 22.9 Å². The van der Waals surface area contributed by atoms with E-state index in [4.69, 9.17) is 11.0 Å². The van der Waals surface area contributed by atoms with Crippen LogP contribution in [0.1, 0.15) is 18.0 Å². The number of nitrogens with two attached hydrogens (primary N) is 1. The van der Waals surface area contributed by atoms with Gasteiger partial charge in [0.05, 0.1) is 12.5 Å². The van der Waals surface area contributed by atoms with Gasteiger partial charge in [0.2, 0.25) is 0 Å². The van der Waals surface area contributed by atoms with Gasteiger partial charge in [-0.1, -0.05) is 6.07 Å². The van der Waals surface area contributed by atoms with Crippen molar-refractivity contribution in [2.45, 2.75) is 12.5 Å². The van der Waals surface area contributed by atoms with Crippen LogP contribution in [-0.2, 0) is 0 Å². The number of hydrogen-bond donors (Lipinski definition) is 1. The number of aromatic nitrogens is 1. The average molecular weight is 226 g/mol. The monoisotopic (exact) mass is 225 g/mol. The Labute approximate surface area is 79.3 Å². The molecule has 4 heteroatoms. The number of halogens is 1. The van der Waals surface area contributed by atoms with Crippen molar-refractivity contribution in [1.82, 2.24) is 4.98 Å². The van der Waals surface area contributed by atoms with Gasteiger partial charge in [0.25, 0.3) is 0 Å². The summed E-state index contributed by atoms with van der Waals surface area (Å²) in [6.45, 7) is 0. The summed E-state index contributed by atoms with van der Waals surface area (Å²) in [5.74, 6) is 0. The summed E-state index contributed by atoms with van der Waals surface area (Å²) in [6.07, 6.45) is 2.00. The van der Waals surface area contributed by atoms with Crippen LogP contribution in [0, 0.1) is 11.3 Å². The van der Waals surface area contributed by atoms with Crippen LogP contribution in [0.3, 0.4) is 0 Å². The van der Waals surface area contributed by atoms with Gasteiger partial charge in [0, 0.05) is 12.2 Å². The van der Waals surface area contributed by atoms with E-state index in [1.165, 1.54) is 0 Å². The molecule has 1 heterocycles. The first-order valence-corrected chi connectivity index (χ1v) is 4.27. The zero-order chi connectivity index (χ0) is 8.97. The van der Waals surface area contributed by atoms with Gasteiger partial charge >= 0.3 is 0 Å². The Morgan fingerprint density at radius 2 is 2.42 bits per heavy atom. The molecule has 0 saturated carbocycles. The molecule has 0 aliphatic rings. The molecule has 2 N–H and O–H groups in total. The van der Waals surface area contributed by atoms with E-state index in [-0.39, 0.29) is 6.04 Å². The fourth-order valence-electron chi connectivity index (χ4n) is 0.823. The fourth-order valence-corrected chi connectivity index (χ4v) is 1.06. The second-order valence-electron chi connectivity index (χ2n) is 2.38. The summed E-state index contributed by atoms with van der Waals surface area (Å²) in [7, 11) is 0. The molecule has 0 bridgehead atoms. The van der Waals surface area contributed by atoms with E-state index >= 15 is 0 Å². The molecule has 62 valence electrons. The van der Waals surface area contributed by atoms with Crippen molar-refractivity contribution in [3.63, 3.8) is 0 Å². The van der Waals surface area contributed by atoms with Crippen molar-refractivity contribution in [3.05, 3.63) is 28.5 Å². The third-order valence-electron chi connectivity index (χ3n) is 1.49. The summed E-state index contributed by atoms with van der Waals surface area (Å²) >= 11 is 3.22. The smallest absolute Gasteiger partial charge is 0.106 e. The molecule has 1 atom stereocenters. The second-order valence-corrected chi connectivity index (χ2v) is 3.20.